The minimum Gasteiger partial charge on any atom is -0.477 e. The molecule has 134 valence electrons. The molecule has 1 aliphatic heterocycles. The molecular formula is C17H27N3O4. The molecule has 1 amide bonds. The molecule has 24 heavy (non-hydrogen) atoms. The summed E-state index contributed by atoms with van der Waals surface area (Å²) in [6.07, 6.45) is 1.34. The molecule has 1 fully saturated rings. The fourth-order valence-electron chi connectivity index (χ4n) is 2.70. The summed E-state index contributed by atoms with van der Waals surface area (Å²) in [6, 6.07) is 5.37. The van der Waals surface area contributed by atoms with Crippen LogP contribution in [0.4, 0.5) is 4.79 Å². The molecule has 1 saturated heterocycles. The molecule has 2 heterocycles. The van der Waals surface area contributed by atoms with Gasteiger partial charge in [0.15, 0.2) is 0 Å². The standard InChI is InChI=1S/C17H27N3O4/c1-2-23-17(22)20-10-7-13(8-11-20)12-24-16-5-3-4-14(19-16)15(21)6-9-18/h3-5,13,15,21H,2,6-12,18H2,1H3/t15-/m1/s1. The molecule has 1 aromatic heterocycles. The van der Waals surface area contributed by atoms with Gasteiger partial charge in [0.05, 0.1) is 25.0 Å². The fraction of sp³-hybridized carbons (Fsp3) is 0.647. The average molecular weight is 337 g/mol. The molecule has 1 aliphatic rings. The number of aromatic nitrogens is 1. The van der Waals surface area contributed by atoms with Gasteiger partial charge in [-0.25, -0.2) is 9.78 Å². The van der Waals surface area contributed by atoms with Crippen LogP contribution < -0.4 is 10.5 Å². The van der Waals surface area contributed by atoms with Gasteiger partial charge >= 0.3 is 6.09 Å². The summed E-state index contributed by atoms with van der Waals surface area (Å²) in [7, 11) is 0. The number of hydrogen-bond donors (Lipinski definition) is 2. The Morgan fingerprint density at radius 3 is 2.88 bits per heavy atom. The second-order valence-corrected chi connectivity index (χ2v) is 5.93. The number of amides is 1. The van der Waals surface area contributed by atoms with E-state index in [1.54, 1.807) is 17.0 Å². The van der Waals surface area contributed by atoms with E-state index in [9.17, 15) is 9.90 Å². The Balaban J connectivity index is 1.78. The van der Waals surface area contributed by atoms with E-state index in [2.05, 4.69) is 4.98 Å². The van der Waals surface area contributed by atoms with Gasteiger partial charge in [-0.15, -0.1) is 0 Å². The van der Waals surface area contributed by atoms with Crippen molar-refractivity contribution in [1.82, 2.24) is 9.88 Å². The van der Waals surface area contributed by atoms with Crippen molar-refractivity contribution in [2.24, 2.45) is 11.7 Å². The first-order valence-electron chi connectivity index (χ1n) is 8.53. The lowest BCUT2D eigenvalue weighted by Gasteiger charge is -2.30. The topological polar surface area (TPSA) is 97.9 Å². The maximum atomic E-state index is 11.7. The van der Waals surface area contributed by atoms with Crippen LogP contribution in [-0.2, 0) is 4.74 Å². The minimum atomic E-state index is -0.661. The molecular weight excluding hydrogens is 310 g/mol. The SMILES string of the molecule is CCOC(=O)N1CCC(COc2cccc([C@H](O)CCN)n2)CC1. The number of nitrogens with zero attached hydrogens (tertiary/aromatic N) is 2. The molecule has 3 N–H and O–H groups in total. The van der Waals surface area contributed by atoms with E-state index in [4.69, 9.17) is 15.2 Å². The van der Waals surface area contributed by atoms with E-state index in [0.29, 0.717) is 56.8 Å². The van der Waals surface area contributed by atoms with Crippen LogP contribution in [0.15, 0.2) is 18.2 Å². The Morgan fingerprint density at radius 1 is 1.46 bits per heavy atom. The third kappa shape index (κ3) is 5.35. The first-order chi connectivity index (χ1) is 11.6. The van der Waals surface area contributed by atoms with Crippen LogP contribution in [0.25, 0.3) is 0 Å². The number of pyridine rings is 1. The molecule has 1 atom stereocenters. The number of nitrogens with two attached hydrogens (primary N) is 1. The number of piperidine rings is 1. The van der Waals surface area contributed by atoms with E-state index >= 15 is 0 Å². The first kappa shape index (κ1) is 18.5. The highest BCUT2D eigenvalue weighted by atomic mass is 16.6. The Labute approximate surface area is 142 Å². The van der Waals surface area contributed by atoms with Crippen LogP contribution in [0.3, 0.4) is 0 Å². The van der Waals surface area contributed by atoms with E-state index in [1.807, 2.05) is 13.0 Å². The largest absolute Gasteiger partial charge is 0.477 e. The van der Waals surface area contributed by atoms with Crippen LogP contribution >= 0.6 is 0 Å². The van der Waals surface area contributed by atoms with Gasteiger partial charge in [-0.1, -0.05) is 6.07 Å². The van der Waals surface area contributed by atoms with Crippen LogP contribution in [0.5, 0.6) is 5.88 Å². The number of hydrogen-bond acceptors (Lipinski definition) is 6. The van der Waals surface area contributed by atoms with E-state index < -0.39 is 6.10 Å². The summed E-state index contributed by atoms with van der Waals surface area (Å²) in [5.41, 5.74) is 6.04. The molecule has 0 saturated carbocycles. The highest BCUT2D eigenvalue weighted by molar-refractivity contribution is 5.67. The lowest BCUT2D eigenvalue weighted by atomic mass is 9.98. The van der Waals surface area contributed by atoms with E-state index in [0.717, 1.165) is 12.8 Å². The molecule has 0 radical (unpaired) electrons. The van der Waals surface area contributed by atoms with Gasteiger partial charge in [0.1, 0.15) is 0 Å². The van der Waals surface area contributed by atoms with Gasteiger partial charge in [-0.05, 0) is 44.7 Å². The predicted molar refractivity (Wildman–Crippen MR) is 89.7 cm³/mol. The van der Waals surface area contributed by atoms with Gasteiger partial charge < -0.3 is 25.2 Å². The molecule has 2 rings (SSSR count). The third-order valence-corrected chi connectivity index (χ3v) is 4.13. The molecule has 0 aromatic carbocycles. The van der Waals surface area contributed by atoms with Crippen LogP contribution in [-0.4, -0.2) is 53.9 Å². The van der Waals surface area contributed by atoms with E-state index in [1.165, 1.54) is 0 Å². The van der Waals surface area contributed by atoms with Crippen LogP contribution in [0.2, 0.25) is 0 Å². The van der Waals surface area contributed by atoms with Gasteiger partial charge in [0.2, 0.25) is 5.88 Å². The number of likely N-dealkylation sites (tertiary alicyclic amines) is 1. The average Bonchev–Trinajstić information content (AvgIpc) is 2.61. The van der Waals surface area contributed by atoms with Crippen molar-refractivity contribution in [2.45, 2.75) is 32.3 Å². The number of aliphatic hydroxyl groups is 1. The maximum absolute atomic E-state index is 11.7. The highest BCUT2D eigenvalue weighted by Gasteiger charge is 2.24. The first-order valence-corrected chi connectivity index (χ1v) is 8.53. The second kappa shape index (κ2) is 9.44. The summed E-state index contributed by atoms with van der Waals surface area (Å²) < 4.78 is 10.8. The Bertz CT molecular complexity index is 518. The molecule has 1 aromatic rings. The zero-order chi connectivity index (χ0) is 17.4. The zero-order valence-corrected chi connectivity index (χ0v) is 14.2. The number of ether oxygens (including phenoxy) is 2. The van der Waals surface area contributed by atoms with Crippen molar-refractivity contribution in [3.05, 3.63) is 23.9 Å². The van der Waals surface area contributed by atoms with Crippen molar-refractivity contribution in [1.29, 1.82) is 0 Å². The van der Waals surface area contributed by atoms with Gasteiger partial charge in [0.25, 0.3) is 0 Å². The monoisotopic (exact) mass is 337 g/mol. The maximum Gasteiger partial charge on any atom is 0.409 e. The lowest BCUT2D eigenvalue weighted by molar-refractivity contribution is 0.0839. The van der Waals surface area contributed by atoms with Crippen molar-refractivity contribution in [3.63, 3.8) is 0 Å². The molecule has 0 spiro atoms. The summed E-state index contributed by atoms with van der Waals surface area (Å²) in [4.78, 5) is 17.7. The quantitative estimate of drug-likeness (QED) is 0.786. The number of carbonyl (C=O) groups is 1. The Kier molecular flexibility index (Phi) is 7.27. The summed E-state index contributed by atoms with van der Waals surface area (Å²) >= 11 is 0. The summed E-state index contributed by atoms with van der Waals surface area (Å²) in [5.74, 6) is 0.895. The zero-order valence-electron chi connectivity index (χ0n) is 14.2. The molecule has 0 bridgehead atoms. The number of aliphatic hydroxyl groups excluding tert-OH is 1. The summed E-state index contributed by atoms with van der Waals surface area (Å²) in [5, 5.41) is 9.94. The second-order valence-electron chi connectivity index (χ2n) is 5.93. The van der Waals surface area contributed by atoms with Gasteiger partial charge in [-0.3, -0.25) is 0 Å². The molecule has 7 nitrogen and oxygen atoms in total. The third-order valence-electron chi connectivity index (χ3n) is 4.13. The minimum absolute atomic E-state index is 0.236. The normalized spacial score (nSPS) is 16.7. The smallest absolute Gasteiger partial charge is 0.409 e. The van der Waals surface area contributed by atoms with E-state index in [-0.39, 0.29) is 6.09 Å². The predicted octanol–water partition coefficient (Wildman–Crippen LogP) is 1.71. The van der Waals surface area contributed by atoms with Gasteiger partial charge in [0, 0.05) is 19.2 Å². The molecule has 7 heteroatoms. The highest BCUT2D eigenvalue weighted by Crippen LogP contribution is 2.21. The van der Waals surface area contributed by atoms with Crippen molar-refractivity contribution in [3.8, 4) is 5.88 Å². The number of rotatable bonds is 7. The van der Waals surface area contributed by atoms with Crippen molar-refractivity contribution < 1.29 is 19.4 Å². The Morgan fingerprint density at radius 2 is 2.21 bits per heavy atom. The van der Waals surface area contributed by atoms with Crippen molar-refractivity contribution in [2.75, 3.05) is 32.8 Å². The van der Waals surface area contributed by atoms with Gasteiger partial charge in [-0.2, -0.15) is 0 Å². The Hall–Kier alpha value is -1.86. The molecule has 0 aliphatic carbocycles. The molecule has 0 unspecified atom stereocenters. The van der Waals surface area contributed by atoms with Crippen LogP contribution in [0.1, 0.15) is 38.0 Å². The lowest BCUT2D eigenvalue weighted by Crippen LogP contribution is -2.40. The summed E-state index contributed by atoms with van der Waals surface area (Å²) in [6.45, 7) is 4.56. The van der Waals surface area contributed by atoms with Crippen molar-refractivity contribution >= 4 is 6.09 Å². The van der Waals surface area contributed by atoms with Crippen LogP contribution in [0, 0.1) is 5.92 Å². The fourth-order valence-corrected chi connectivity index (χ4v) is 2.70. The number of carbonyl (C=O) groups excluding carboxylic acids is 1.